The maximum absolute atomic E-state index is 15.4. The number of aromatic hydroxyl groups is 1. The Kier molecular flexibility index (Phi) is 10.9. The van der Waals surface area contributed by atoms with E-state index in [1.54, 1.807) is 0 Å². The van der Waals surface area contributed by atoms with Crippen molar-refractivity contribution in [2.75, 3.05) is 14.1 Å². The summed E-state index contributed by atoms with van der Waals surface area (Å²) in [6, 6.07) is 9.10. The minimum atomic E-state index is -6.50. The van der Waals surface area contributed by atoms with E-state index in [9.17, 15) is 49.0 Å². The van der Waals surface area contributed by atoms with Gasteiger partial charge in [-0.1, -0.05) is 24.3 Å². The van der Waals surface area contributed by atoms with Crippen molar-refractivity contribution in [3.05, 3.63) is 141 Å². The Morgan fingerprint density at radius 2 is 0.692 bits per heavy atom. The van der Waals surface area contributed by atoms with Crippen LogP contribution in [0, 0.1) is 98.9 Å². The van der Waals surface area contributed by atoms with E-state index in [4.69, 9.17) is 0 Å². The normalized spacial score (nSPS) is 11.6. The Morgan fingerprint density at radius 1 is 0.404 bits per heavy atom. The first kappa shape index (κ1) is 39.5. The van der Waals surface area contributed by atoms with E-state index < -0.39 is 145 Å². The van der Waals surface area contributed by atoms with E-state index >= 15 is 30.7 Å². The summed E-state index contributed by atoms with van der Waals surface area (Å²) in [5, 5.41) is 9.44. The number of nitrogens with one attached hydrogen (secondary N) is 1. The molecule has 5 rings (SSSR count). The van der Waals surface area contributed by atoms with Crippen LogP contribution < -0.4 is 26.8 Å². The van der Waals surface area contributed by atoms with Gasteiger partial charge in [-0.25, -0.2) is 74.6 Å². The predicted molar refractivity (Wildman–Crippen MR) is 150 cm³/mol. The summed E-state index contributed by atoms with van der Waals surface area (Å²) >= 11 is 0. The standard InChI is InChI=1S/C24H3BF17O.C8H11N/c26-4-2-6(43)5(27)1-3(4)25(7-10(28)16(34)22(40)17(35)11(7)29,8-12(30)18(36)23(41)19(37)13(8)31)9-14(32)20(38)24(42)21(39)15(9)33;1-9(2)8-6-4-3-5-7-8/h1-2,43H;3-7H,1-2H3/q-1;/p+1. The van der Waals surface area contributed by atoms with Gasteiger partial charge in [-0.15, -0.1) is 16.4 Å². The molecule has 0 amide bonds. The fourth-order valence-electron chi connectivity index (χ4n) is 5.56. The van der Waals surface area contributed by atoms with Crippen molar-refractivity contribution in [1.29, 1.82) is 0 Å². The molecule has 5 aromatic carbocycles. The fourth-order valence-corrected chi connectivity index (χ4v) is 5.56. The van der Waals surface area contributed by atoms with Crippen molar-refractivity contribution in [2.45, 2.75) is 0 Å². The van der Waals surface area contributed by atoms with E-state index in [0.29, 0.717) is 0 Å². The van der Waals surface area contributed by atoms with Crippen LogP contribution in [-0.4, -0.2) is 25.3 Å². The van der Waals surface area contributed by atoms with Gasteiger partial charge in [-0.05, 0) is 12.1 Å². The molecule has 2 N–H and O–H groups in total. The van der Waals surface area contributed by atoms with Gasteiger partial charge in [0.25, 0.3) is 0 Å². The lowest BCUT2D eigenvalue weighted by atomic mass is 9.12. The zero-order valence-corrected chi connectivity index (χ0v) is 25.5. The van der Waals surface area contributed by atoms with E-state index in [2.05, 4.69) is 38.4 Å². The summed E-state index contributed by atoms with van der Waals surface area (Å²) in [5.41, 5.74) is -10.6. The molecular weight excluding hydrogens is 748 g/mol. The molecule has 0 heterocycles. The maximum Gasteiger partial charge on any atom is 0.200 e. The third kappa shape index (κ3) is 6.07. The van der Waals surface area contributed by atoms with Crippen molar-refractivity contribution in [2.24, 2.45) is 0 Å². The highest BCUT2D eigenvalue weighted by Crippen LogP contribution is 2.29. The van der Waals surface area contributed by atoms with E-state index in [-0.39, 0.29) is 0 Å². The minimum Gasteiger partial charge on any atom is -0.505 e. The van der Waals surface area contributed by atoms with E-state index in [1.165, 1.54) is 10.6 Å². The molecule has 5 aromatic rings. The topological polar surface area (TPSA) is 24.7 Å². The monoisotopic (exact) mass is 763 g/mol. The van der Waals surface area contributed by atoms with Crippen molar-refractivity contribution in [3.63, 3.8) is 0 Å². The highest BCUT2D eigenvalue weighted by Gasteiger charge is 2.50. The molecule has 0 bridgehead atoms. The zero-order valence-electron chi connectivity index (χ0n) is 25.5. The lowest BCUT2D eigenvalue weighted by Crippen LogP contribution is -3.00. The number of quaternary nitrogens is 1. The van der Waals surface area contributed by atoms with Crippen LogP contribution in [0.15, 0.2) is 42.5 Å². The maximum atomic E-state index is 15.4. The van der Waals surface area contributed by atoms with Crippen molar-refractivity contribution >= 4 is 33.7 Å². The second-order valence-corrected chi connectivity index (χ2v) is 11.0. The molecule has 0 saturated carbocycles. The number of para-hydroxylation sites is 1. The summed E-state index contributed by atoms with van der Waals surface area (Å²) in [5.74, 6) is -56.5. The van der Waals surface area contributed by atoms with Crippen molar-refractivity contribution in [3.8, 4) is 5.75 Å². The molecule has 0 unspecified atom stereocenters. The van der Waals surface area contributed by atoms with Crippen molar-refractivity contribution < 1.29 is 84.6 Å². The molecule has 0 aliphatic carbocycles. The van der Waals surface area contributed by atoms with Gasteiger partial charge in [0.15, 0.2) is 63.9 Å². The van der Waals surface area contributed by atoms with Gasteiger partial charge >= 0.3 is 0 Å². The molecule has 276 valence electrons. The third-order valence-corrected chi connectivity index (χ3v) is 7.91. The summed E-state index contributed by atoms with van der Waals surface area (Å²) in [6.45, 7) is 0. The molecule has 0 atom stereocenters. The number of phenolic OH excluding ortho intramolecular Hbond substituents is 1. The fraction of sp³-hybridized carbons (Fsp3) is 0.0625. The molecule has 0 radical (unpaired) electrons. The molecular formula is C32H15BF17NO. The Balaban J connectivity index is 0.000000585. The van der Waals surface area contributed by atoms with E-state index in [1.807, 2.05) is 6.07 Å². The number of hydrogen-bond acceptors (Lipinski definition) is 1. The van der Waals surface area contributed by atoms with Crippen LogP contribution in [-0.2, 0) is 0 Å². The van der Waals surface area contributed by atoms with Gasteiger partial charge in [0.2, 0.25) is 0 Å². The second kappa shape index (κ2) is 14.4. The van der Waals surface area contributed by atoms with Crippen LogP contribution in [0.2, 0.25) is 0 Å². The Labute approximate surface area is 279 Å². The first-order valence-electron chi connectivity index (χ1n) is 13.9. The van der Waals surface area contributed by atoms with Gasteiger partial charge in [-0.3, -0.25) is 0 Å². The van der Waals surface area contributed by atoms with Gasteiger partial charge < -0.3 is 10.0 Å². The summed E-state index contributed by atoms with van der Waals surface area (Å²) < 4.78 is 250. The third-order valence-electron chi connectivity index (χ3n) is 7.91. The molecule has 20 heteroatoms. The Morgan fingerprint density at radius 3 is 0.962 bits per heavy atom. The van der Waals surface area contributed by atoms with Crippen LogP contribution in [0.5, 0.6) is 5.75 Å². The molecule has 0 aromatic heterocycles. The van der Waals surface area contributed by atoms with Crippen LogP contribution in [0.25, 0.3) is 0 Å². The van der Waals surface area contributed by atoms with E-state index in [0.717, 1.165) is 0 Å². The highest BCUT2D eigenvalue weighted by molar-refractivity contribution is 7.20. The molecule has 0 spiro atoms. The van der Waals surface area contributed by atoms with Gasteiger partial charge in [-0.2, -0.15) is 5.46 Å². The number of hydrogen-bond donors (Lipinski definition) is 2. The molecule has 0 fully saturated rings. The molecule has 0 saturated heterocycles. The highest BCUT2D eigenvalue weighted by atomic mass is 19.2. The molecule has 52 heavy (non-hydrogen) atoms. The smallest absolute Gasteiger partial charge is 0.200 e. The average molecular weight is 763 g/mol. The predicted octanol–water partition coefficient (Wildman–Crippen LogP) is 5.60. The first-order chi connectivity index (χ1) is 24.2. The van der Waals surface area contributed by atoms with Gasteiger partial charge in [0.05, 0.1) is 19.9 Å². The lowest BCUT2D eigenvalue weighted by molar-refractivity contribution is -0.786. The second-order valence-electron chi connectivity index (χ2n) is 11.0. The minimum absolute atomic E-state index is 0.550. The number of rotatable bonds is 5. The molecule has 0 aliphatic rings. The number of halogens is 17. The van der Waals surface area contributed by atoms with Crippen LogP contribution >= 0.6 is 0 Å². The summed E-state index contributed by atoms with van der Waals surface area (Å²) in [6.07, 6.45) is -6.50. The summed E-state index contributed by atoms with van der Waals surface area (Å²) in [4.78, 5) is 1.37. The van der Waals surface area contributed by atoms with Gasteiger partial charge in [0, 0.05) is 6.07 Å². The average Bonchev–Trinajstić information content (AvgIpc) is 3.11. The van der Waals surface area contributed by atoms with Crippen LogP contribution in [0.3, 0.4) is 0 Å². The largest absolute Gasteiger partial charge is 0.505 e. The van der Waals surface area contributed by atoms with Crippen LogP contribution in [0.4, 0.5) is 80.3 Å². The van der Waals surface area contributed by atoms with Crippen molar-refractivity contribution in [1.82, 2.24) is 0 Å². The quantitative estimate of drug-likeness (QED) is 0.104. The Hall–Kier alpha value is -5.27. The summed E-state index contributed by atoms with van der Waals surface area (Å²) in [7, 11) is 4.24. The lowest BCUT2D eigenvalue weighted by Gasteiger charge is -2.44. The zero-order chi connectivity index (χ0) is 39.3. The first-order valence-corrected chi connectivity index (χ1v) is 13.9. The van der Waals surface area contributed by atoms with Crippen LogP contribution in [0.1, 0.15) is 0 Å². The SMILES string of the molecule is C[NH+](C)c1ccccc1.Oc1cc(F)c([B-](c2c(F)c(F)c(F)c(F)c2F)(c2c(F)c(F)c(F)c(F)c2F)c2c(F)c(F)c(F)c(F)c2F)cc1F. The molecule has 0 aliphatic heterocycles. The molecule has 2 nitrogen and oxygen atoms in total. The number of phenols is 1. The number of benzene rings is 5. The van der Waals surface area contributed by atoms with Gasteiger partial charge in [0.1, 0.15) is 46.7 Å². The Bertz CT molecular complexity index is 1980.